The van der Waals surface area contributed by atoms with Crippen molar-refractivity contribution in [2.45, 2.75) is 13.8 Å². The van der Waals surface area contributed by atoms with Crippen LogP contribution in [0.2, 0.25) is 5.02 Å². The van der Waals surface area contributed by atoms with Crippen LogP contribution < -0.4 is 4.74 Å². The predicted molar refractivity (Wildman–Crippen MR) is 70.5 cm³/mol. The zero-order chi connectivity index (χ0) is 13.1. The maximum absolute atomic E-state index is 11.1. The van der Waals surface area contributed by atoms with Crippen LogP contribution in [-0.2, 0) is 0 Å². The molecule has 0 atom stereocenters. The minimum Gasteiger partial charge on any atom is -0.456 e. The van der Waals surface area contributed by atoms with Gasteiger partial charge in [0.25, 0.3) is 0 Å². The molecule has 0 saturated heterocycles. The summed E-state index contributed by atoms with van der Waals surface area (Å²) in [5.74, 6) is 1.21. The van der Waals surface area contributed by atoms with Crippen LogP contribution in [0.5, 0.6) is 11.5 Å². The number of hydrogen-bond acceptors (Lipinski definition) is 3. The van der Waals surface area contributed by atoms with Crippen LogP contribution in [0.15, 0.2) is 36.5 Å². The fraction of sp³-hybridized carbons (Fsp3) is 0.143. The number of benzene rings is 1. The number of pyridine rings is 1. The number of carbonyl (C=O) groups excluding carboxylic acids is 1. The first-order valence-corrected chi connectivity index (χ1v) is 5.85. The molecule has 0 saturated carbocycles. The lowest BCUT2D eigenvalue weighted by molar-refractivity contribution is 0.101. The van der Waals surface area contributed by atoms with Crippen LogP contribution in [0.3, 0.4) is 0 Å². The molecule has 0 amide bonds. The molecular weight excluding hydrogens is 250 g/mol. The maximum Gasteiger partial charge on any atom is 0.178 e. The summed E-state index contributed by atoms with van der Waals surface area (Å²) in [6.07, 6.45) is 1.53. The van der Waals surface area contributed by atoms with E-state index in [1.54, 1.807) is 24.3 Å². The number of halogens is 1. The number of aromatic nitrogens is 1. The van der Waals surface area contributed by atoms with Crippen LogP contribution in [0, 0.1) is 6.92 Å². The second-order valence-corrected chi connectivity index (χ2v) is 4.36. The predicted octanol–water partition coefficient (Wildman–Crippen LogP) is 4.04. The molecule has 4 heteroatoms. The molecule has 92 valence electrons. The van der Waals surface area contributed by atoms with Crippen molar-refractivity contribution in [2.24, 2.45) is 0 Å². The molecule has 0 bridgehead atoms. The molecule has 2 rings (SSSR count). The van der Waals surface area contributed by atoms with E-state index < -0.39 is 0 Å². The number of ether oxygens (including phenoxy) is 1. The van der Waals surface area contributed by atoms with Crippen molar-refractivity contribution in [3.63, 3.8) is 0 Å². The van der Waals surface area contributed by atoms with Gasteiger partial charge in [-0.05, 0) is 42.8 Å². The minimum absolute atomic E-state index is 0.0658. The molecule has 0 unspecified atom stereocenters. The fourth-order valence-electron chi connectivity index (χ4n) is 1.47. The van der Waals surface area contributed by atoms with E-state index in [0.29, 0.717) is 22.2 Å². The van der Waals surface area contributed by atoms with Gasteiger partial charge < -0.3 is 4.74 Å². The average molecular weight is 262 g/mol. The molecule has 0 aliphatic heterocycles. The van der Waals surface area contributed by atoms with Gasteiger partial charge in [0.1, 0.15) is 17.2 Å². The molecule has 0 fully saturated rings. The fourth-order valence-corrected chi connectivity index (χ4v) is 1.58. The Morgan fingerprint density at radius 3 is 2.50 bits per heavy atom. The van der Waals surface area contributed by atoms with Gasteiger partial charge in [0, 0.05) is 11.9 Å². The quantitative estimate of drug-likeness (QED) is 0.783. The smallest absolute Gasteiger partial charge is 0.178 e. The molecule has 0 radical (unpaired) electrons. The van der Waals surface area contributed by atoms with Crippen molar-refractivity contribution in [1.82, 2.24) is 4.98 Å². The SMILES string of the molecule is CC(=O)c1ccc(Oc2ccc(Cl)c(C)c2)cn1. The summed E-state index contributed by atoms with van der Waals surface area (Å²) in [5, 5.41) is 0.701. The van der Waals surface area contributed by atoms with Crippen LogP contribution in [0.25, 0.3) is 0 Å². The third-order valence-corrected chi connectivity index (χ3v) is 2.89. The lowest BCUT2D eigenvalue weighted by Crippen LogP contribution is -1.96. The van der Waals surface area contributed by atoms with Gasteiger partial charge in [-0.1, -0.05) is 11.6 Å². The van der Waals surface area contributed by atoms with E-state index in [1.807, 2.05) is 13.0 Å². The molecule has 0 N–H and O–H groups in total. The topological polar surface area (TPSA) is 39.2 Å². The highest BCUT2D eigenvalue weighted by molar-refractivity contribution is 6.31. The first-order valence-electron chi connectivity index (χ1n) is 5.47. The number of nitrogens with zero attached hydrogens (tertiary/aromatic N) is 1. The summed E-state index contributed by atoms with van der Waals surface area (Å²) in [5.41, 5.74) is 1.37. The highest BCUT2D eigenvalue weighted by Gasteiger charge is 2.03. The molecule has 3 nitrogen and oxygen atoms in total. The normalized spacial score (nSPS) is 10.2. The monoisotopic (exact) mass is 261 g/mol. The van der Waals surface area contributed by atoms with E-state index in [1.165, 1.54) is 13.1 Å². The molecule has 1 aromatic carbocycles. The summed E-state index contributed by atoms with van der Waals surface area (Å²) in [6.45, 7) is 3.39. The molecule has 18 heavy (non-hydrogen) atoms. The number of rotatable bonds is 3. The summed E-state index contributed by atoms with van der Waals surface area (Å²) < 4.78 is 5.62. The Hall–Kier alpha value is -1.87. The number of aryl methyl sites for hydroxylation is 1. The summed E-state index contributed by atoms with van der Waals surface area (Å²) in [4.78, 5) is 15.1. The van der Waals surface area contributed by atoms with E-state index in [4.69, 9.17) is 16.3 Å². The van der Waals surface area contributed by atoms with Gasteiger partial charge in [-0.15, -0.1) is 0 Å². The summed E-state index contributed by atoms with van der Waals surface area (Å²) in [6, 6.07) is 8.77. The Balaban J connectivity index is 2.18. The summed E-state index contributed by atoms with van der Waals surface area (Å²) in [7, 11) is 0. The average Bonchev–Trinajstić information content (AvgIpc) is 2.34. The van der Waals surface area contributed by atoms with Crippen molar-refractivity contribution in [3.05, 3.63) is 52.8 Å². The van der Waals surface area contributed by atoms with E-state index in [2.05, 4.69) is 4.98 Å². The van der Waals surface area contributed by atoms with Crippen LogP contribution in [0.1, 0.15) is 23.0 Å². The number of Topliss-reactive ketones (excluding diaryl/α,β-unsaturated/α-hetero) is 1. The molecule has 2 aromatic rings. The van der Waals surface area contributed by atoms with Crippen molar-refractivity contribution in [3.8, 4) is 11.5 Å². The van der Waals surface area contributed by atoms with Gasteiger partial charge in [-0.2, -0.15) is 0 Å². The number of ketones is 1. The lowest BCUT2D eigenvalue weighted by Gasteiger charge is -2.07. The van der Waals surface area contributed by atoms with Crippen LogP contribution in [0.4, 0.5) is 0 Å². The zero-order valence-electron chi connectivity index (χ0n) is 10.1. The Bertz CT molecular complexity index is 579. The Morgan fingerprint density at radius 2 is 1.94 bits per heavy atom. The third-order valence-electron chi connectivity index (χ3n) is 2.46. The molecule has 1 aromatic heterocycles. The van der Waals surface area contributed by atoms with Crippen LogP contribution >= 0.6 is 11.6 Å². The number of carbonyl (C=O) groups is 1. The van der Waals surface area contributed by atoms with Gasteiger partial charge in [-0.3, -0.25) is 4.79 Å². The molecule has 0 aliphatic rings. The Labute approximate surface area is 110 Å². The van der Waals surface area contributed by atoms with E-state index in [-0.39, 0.29) is 5.78 Å². The van der Waals surface area contributed by atoms with Gasteiger partial charge in [0.2, 0.25) is 0 Å². The molecule has 1 heterocycles. The van der Waals surface area contributed by atoms with Crippen molar-refractivity contribution >= 4 is 17.4 Å². The summed E-state index contributed by atoms with van der Waals surface area (Å²) >= 11 is 5.93. The van der Waals surface area contributed by atoms with Crippen molar-refractivity contribution in [1.29, 1.82) is 0 Å². The third kappa shape index (κ3) is 2.87. The largest absolute Gasteiger partial charge is 0.456 e. The van der Waals surface area contributed by atoms with E-state index >= 15 is 0 Å². The minimum atomic E-state index is -0.0658. The first kappa shape index (κ1) is 12.6. The second kappa shape index (κ2) is 5.19. The van der Waals surface area contributed by atoms with Crippen molar-refractivity contribution < 1.29 is 9.53 Å². The molecule has 0 aliphatic carbocycles. The standard InChI is InChI=1S/C14H12ClNO2/c1-9-7-11(3-5-13(9)15)18-12-4-6-14(10(2)17)16-8-12/h3-8H,1-2H3. The zero-order valence-corrected chi connectivity index (χ0v) is 10.9. The van der Waals surface area contributed by atoms with E-state index in [0.717, 1.165) is 5.56 Å². The maximum atomic E-state index is 11.1. The molecule has 0 spiro atoms. The van der Waals surface area contributed by atoms with Gasteiger partial charge in [0.05, 0.1) is 6.20 Å². The van der Waals surface area contributed by atoms with Crippen LogP contribution in [-0.4, -0.2) is 10.8 Å². The second-order valence-electron chi connectivity index (χ2n) is 3.95. The Morgan fingerprint density at radius 1 is 1.22 bits per heavy atom. The van der Waals surface area contributed by atoms with Gasteiger partial charge in [-0.25, -0.2) is 4.98 Å². The first-order chi connectivity index (χ1) is 8.56. The lowest BCUT2D eigenvalue weighted by atomic mass is 10.2. The Kier molecular flexibility index (Phi) is 3.63. The van der Waals surface area contributed by atoms with Crippen molar-refractivity contribution in [2.75, 3.05) is 0 Å². The highest BCUT2D eigenvalue weighted by Crippen LogP contribution is 2.25. The van der Waals surface area contributed by atoms with Gasteiger partial charge >= 0.3 is 0 Å². The number of hydrogen-bond donors (Lipinski definition) is 0. The van der Waals surface area contributed by atoms with Gasteiger partial charge in [0.15, 0.2) is 5.78 Å². The van der Waals surface area contributed by atoms with E-state index in [9.17, 15) is 4.79 Å². The molecular formula is C14H12ClNO2. The highest BCUT2D eigenvalue weighted by atomic mass is 35.5.